The molecule has 5 heteroatoms. The Bertz CT molecular complexity index is 1150. The molecular weight excluding hydrogens is 365 g/mol. The Morgan fingerprint density at radius 3 is 2.41 bits per heavy atom. The standard InChI is InChI=1S/C24H24FN3O/c1-15-4-5-18(12-16(15)2)24(17(3)26)29-22-10-11-23-19(13-22)14-27-28(23)21-8-6-20(25)7-9-21/h4-14,17,24H,26H2,1-3H3/t17-,24-/m0/s1. The second-order valence-corrected chi connectivity index (χ2v) is 7.49. The summed E-state index contributed by atoms with van der Waals surface area (Å²) in [5.74, 6) is 0.464. The number of aromatic nitrogens is 2. The molecule has 0 radical (unpaired) electrons. The Labute approximate surface area is 169 Å². The van der Waals surface area contributed by atoms with Gasteiger partial charge in [-0.05, 0) is 79.9 Å². The molecule has 3 aromatic carbocycles. The highest BCUT2D eigenvalue weighted by molar-refractivity contribution is 5.81. The van der Waals surface area contributed by atoms with E-state index < -0.39 is 0 Å². The van der Waals surface area contributed by atoms with E-state index in [1.807, 2.05) is 25.1 Å². The van der Waals surface area contributed by atoms with Crippen molar-refractivity contribution in [2.45, 2.75) is 32.9 Å². The lowest BCUT2D eigenvalue weighted by Gasteiger charge is -2.24. The number of hydrogen-bond acceptors (Lipinski definition) is 3. The Hall–Kier alpha value is -3.18. The predicted octanol–water partition coefficient (Wildman–Crippen LogP) is 5.25. The van der Waals surface area contributed by atoms with Gasteiger partial charge in [0.25, 0.3) is 0 Å². The van der Waals surface area contributed by atoms with Crippen molar-refractivity contribution in [1.29, 1.82) is 0 Å². The van der Waals surface area contributed by atoms with E-state index in [9.17, 15) is 4.39 Å². The summed E-state index contributed by atoms with van der Waals surface area (Å²) in [5, 5.41) is 5.38. The SMILES string of the molecule is Cc1ccc([C@@H](Oc2ccc3c(cnn3-c3ccc(F)cc3)c2)[C@H](C)N)cc1C. The van der Waals surface area contributed by atoms with Crippen molar-refractivity contribution in [2.24, 2.45) is 5.73 Å². The maximum atomic E-state index is 13.2. The van der Waals surface area contributed by atoms with Crippen LogP contribution in [0, 0.1) is 19.7 Å². The van der Waals surface area contributed by atoms with Gasteiger partial charge in [-0.15, -0.1) is 0 Å². The zero-order valence-corrected chi connectivity index (χ0v) is 16.8. The minimum atomic E-state index is -0.269. The first kappa shape index (κ1) is 19.2. The number of halogens is 1. The largest absolute Gasteiger partial charge is 0.484 e. The summed E-state index contributed by atoms with van der Waals surface area (Å²) in [6.07, 6.45) is 1.53. The molecule has 148 valence electrons. The lowest BCUT2D eigenvalue weighted by atomic mass is 9.99. The molecule has 1 heterocycles. The third-order valence-corrected chi connectivity index (χ3v) is 5.21. The van der Waals surface area contributed by atoms with Gasteiger partial charge in [0.1, 0.15) is 17.7 Å². The number of nitrogens with zero attached hydrogens (tertiary/aromatic N) is 2. The number of fused-ring (bicyclic) bond motifs is 1. The summed E-state index contributed by atoms with van der Waals surface area (Å²) in [5.41, 5.74) is 11.5. The summed E-state index contributed by atoms with van der Waals surface area (Å²) in [4.78, 5) is 0. The van der Waals surface area contributed by atoms with Gasteiger partial charge < -0.3 is 10.5 Å². The summed E-state index contributed by atoms with van der Waals surface area (Å²) in [6, 6.07) is 18.2. The zero-order valence-electron chi connectivity index (χ0n) is 16.8. The first-order valence-electron chi connectivity index (χ1n) is 9.65. The van der Waals surface area contributed by atoms with Crippen LogP contribution in [-0.2, 0) is 0 Å². The Morgan fingerprint density at radius 2 is 1.72 bits per heavy atom. The van der Waals surface area contributed by atoms with Gasteiger partial charge in [0.2, 0.25) is 0 Å². The molecule has 2 N–H and O–H groups in total. The summed E-state index contributed by atoms with van der Waals surface area (Å²) in [6.45, 7) is 6.13. The van der Waals surface area contributed by atoms with E-state index in [1.54, 1.807) is 23.0 Å². The number of hydrogen-bond donors (Lipinski definition) is 1. The van der Waals surface area contributed by atoms with Gasteiger partial charge in [0.15, 0.2) is 0 Å². The second kappa shape index (κ2) is 7.68. The number of benzene rings is 3. The number of aryl methyl sites for hydroxylation is 2. The van der Waals surface area contributed by atoms with Crippen LogP contribution in [0.3, 0.4) is 0 Å². The molecule has 0 unspecified atom stereocenters. The summed E-state index contributed by atoms with van der Waals surface area (Å²) in [7, 11) is 0. The third kappa shape index (κ3) is 3.87. The molecule has 0 fully saturated rings. The van der Waals surface area contributed by atoms with E-state index in [0.29, 0.717) is 0 Å². The van der Waals surface area contributed by atoms with E-state index in [4.69, 9.17) is 10.5 Å². The second-order valence-electron chi connectivity index (χ2n) is 7.49. The molecule has 4 rings (SSSR count). The van der Waals surface area contributed by atoms with Crippen molar-refractivity contribution in [3.63, 3.8) is 0 Å². The zero-order chi connectivity index (χ0) is 20.5. The van der Waals surface area contributed by atoms with Crippen LogP contribution in [0.25, 0.3) is 16.6 Å². The fourth-order valence-electron chi connectivity index (χ4n) is 3.44. The van der Waals surface area contributed by atoms with Gasteiger partial charge in [-0.3, -0.25) is 0 Å². The average molecular weight is 389 g/mol. The summed E-state index contributed by atoms with van der Waals surface area (Å²) >= 11 is 0. The van der Waals surface area contributed by atoms with Crippen LogP contribution in [0.15, 0.2) is 66.9 Å². The van der Waals surface area contributed by atoms with Gasteiger partial charge in [-0.25, -0.2) is 9.07 Å². The Kier molecular flexibility index (Phi) is 5.07. The van der Waals surface area contributed by atoms with Crippen LogP contribution in [-0.4, -0.2) is 15.8 Å². The number of nitrogens with two attached hydrogens (primary N) is 1. The lowest BCUT2D eigenvalue weighted by molar-refractivity contribution is 0.180. The smallest absolute Gasteiger partial charge is 0.138 e. The average Bonchev–Trinajstić information content (AvgIpc) is 3.12. The maximum Gasteiger partial charge on any atom is 0.138 e. The lowest BCUT2D eigenvalue weighted by Crippen LogP contribution is -2.29. The molecule has 4 aromatic rings. The molecule has 0 aliphatic carbocycles. The first-order chi connectivity index (χ1) is 13.9. The highest BCUT2D eigenvalue weighted by Crippen LogP contribution is 2.29. The van der Waals surface area contributed by atoms with E-state index in [-0.39, 0.29) is 18.0 Å². The molecule has 0 saturated carbocycles. The first-order valence-corrected chi connectivity index (χ1v) is 9.65. The highest BCUT2D eigenvalue weighted by atomic mass is 19.1. The minimum Gasteiger partial charge on any atom is -0.484 e. The van der Waals surface area contributed by atoms with Gasteiger partial charge in [-0.1, -0.05) is 18.2 Å². The molecule has 4 nitrogen and oxygen atoms in total. The van der Waals surface area contributed by atoms with Gasteiger partial charge in [0.05, 0.1) is 17.4 Å². The fraction of sp³-hybridized carbons (Fsp3) is 0.208. The molecule has 0 aliphatic heterocycles. The summed E-state index contributed by atoms with van der Waals surface area (Å²) < 4.78 is 21.3. The number of rotatable bonds is 5. The van der Waals surface area contributed by atoms with Crippen molar-refractivity contribution >= 4 is 10.9 Å². The Morgan fingerprint density at radius 1 is 0.966 bits per heavy atom. The third-order valence-electron chi connectivity index (χ3n) is 5.21. The molecular formula is C24H24FN3O. The van der Waals surface area contributed by atoms with Crippen LogP contribution < -0.4 is 10.5 Å². The van der Waals surface area contributed by atoms with E-state index in [0.717, 1.165) is 27.9 Å². The minimum absolute atomic E-state index is 0.172. The van der Waals surface area contributed by atoms with E-state index >= 15 is 0 Å². The normalized spacial score (nSPS) is 13.4. The van der Waals surface area contributed by atoms with Gasteiger partial charge in [0, 0.05) is 11.4 Å². The van der Waals surface area contributed by atoms with E-state index in [2.05, 4.69) is 37.1 Å². The quantitative estimate of drug-likeness (QED) is 0.507. The molecule has 2 atom stereocenters. The molecule has 0 bridgehead atoms. The van der Waals surface area contributed by atoms with Crippen molar-refractivity contribution in [3.05, 3.63) is 89.4 Å². The van der Waals surface area contributed by atoms with Crippen molar-refractivity contribution in [2.75, 3.05) is 0 Å². The van der Waals surface area contributed by atoms with Crippen LogP contribution in [0.1, 0.15) is 29.7 Å². The van der Waals surface area contributed by atoms with Crippen molar-refractivity contribution < 1.29 is 9.13 Å². The topological polar surface area (TPSA) is 53.1 Å². The highest BCUT2D eigenvalue weighted by Gasteiger charge is 2.19. The van der Waals surface area contributed by atoms with Crippen LogP contribution in [0.2, 0.25) is 0 Å². The molecule has 0 saturated heterocycles. The van der Waals surface area contributed by atoms with Crippen molar-refractivity contribution in [1.82, 2.24) is 9.78 Å². The molecule has 0 amide bonds. The van der Waals surface area contributed by atoms with Crippen molar-refractivity contribution in [3.8, 4) is 11.4 Å². The molecule has 29 heavy (non-hydrogen) atoms. The molecule has 1 aromatic heterocycles. The van der Waals surface area contributed by atoms with Crippen LogP contribution in [0.4, 0.5) is 4.39 Å². The Balaban J connectivity index is 1.65. The maximum absolute atomic E-state index is 13.2. The molecule has 0 spiro atoms. The van der Waals surface area contributed by atoms with Gasteiger partial charge in [-0.2, -0.15) is 5.10 Å². The molecule has 0 aliphatic rings. The monoisotopic (exact) mass is 389 g/mol. The fourth-order valence-corrected chi connectivity index (χ4v) is 3.44. The van der Waals surface area contributed by atoms with Crippen LogP contribution >= 0.6 is 0 Å². The predicted molar refractivity (Wildman–Crippen MR) is 114 cm³/mol. The number of ether oxygens (including phenoxy) is 1. The van der Waals surface area contributed by atoms with Gasteiger partial charge >= 0.3 is 0 Å². The van der Waals surface area contributed by atoms with E-state index in [1.165, 1.54) is 23.3 Å². The van der Waals surface area contributed by atoms with Crippen LogP contribution in [0.5, 0.6) is 5.75 Å².